The molecule has 0 saturated carbocycles. The minimum absolute atomic E-state index is 0.0445. The standard InChI is InChI=1S/C14H16FN3O3/c1-3-8-17(4-2)9-7-16-14(19)11-5-6-12(15)13(10-11)18(20)21/h1,5-6,10H,4,7-9H2,2H3,(H,16,19). The zero-order valence-electron chi connectivity index (χ0n) is 11.6. The molecular formula is C14H16FN3O3. The minimum Gasteiger partial charge on any atom is -0.351 e. The van der Waals surface area contributed by atoms with Crippen molar-refractivity contribution >= 4 is 11.6 Å². The quantitative estimate of drug-likeness (QED) is 0.468. The van der Waals surface area contributed by atoms with E-state index in [1.165, 1.54) is 6.07 Å². The molecule has 0 fully saturated rings. The number of nitrogens with zero attached hydrogens (tertiary/aromatic N) is 2. The van der Waals surface area contributed by atoms with Crippen molar-refractivity contribution in [1.82, 2.24) is 10.2 Å². The molecule has 0 aliphatic heterocycles. The van der Waals surface area contributed by atoms with E-state index in [1.54, 1.807) is 0 Å². The lowest BCUT2D eigenvalue weighted by Crippen LogP contribution is -2.35. The number of likely N-dealkylation sites (N-methyl/N-ethyl adjacent to an activating group) is 1. The first kappa shape index (κ1) is 16.6. The summed E-state index contributed by atoms with van der Waals surface area (Å²) in [6, 6.07) is 3.03. The Kier molecular flexibility index (Phi) is 6.30. The molecule has 0 unspecified atom stereocenters. The lowest BCUT2D eigenvalue weighted by atomic mass is 10.2. The van der Waals surface area contributed by atoms with Crippen LogP contribution in [0.15, 0.2) is 18.2 Å². The van der Waals surface area contributed by atoms with Gasteiger partial charge in [0.15, 0.2) is 0 Å². The van der Waals surface area contributed by atoms with Gasteiger partial charge in [-0.25, -0.2) is 0 Å². The zero-order chi connectivity index (χ0) is 15.8. The van der Waals surface area contributed by atoms with Gasteiger partial charge in [0.25, 0.3) is 5.91 Å². The fraction of sp³-hybridized carbons (Fsp3) is 0.357. The van der Waals surface area contributed by atoms with E-state index in [0.29, 0.717) is 19.6 Å². The highest BCUT2D eigenvalue weighted by Crippen LogP contribution is 2.18. The molecule has 0 heterocycles. The van der Waals surface area contributed by atoms with Crippen molar-refractivity contribution in [1.29, 1.82) is 0 Å². The van der Waals surface area contributed by atoms with Gasteiger partial charge in [-0.3, -0.25) is 19.8 Å². The second-order valence-corrected chi connectivity index (χ2v) is 4.25. The third-order valence-corrected chi connectivity index (χ3v) is 2.88. The average Bonchev–Trinajstić information content (AvgIpc) is 2.46. The average molecular weight is 293 g/mol. The zero-order valence-corrected chi connectivity index (χ0v) is 11.6. The molecule has 21 heavy (non-hydrogen) atoms. The van der Waals surface area contributed by atoms with Crippen molar-refractivity contribution < 1.29 is 14.1 Å². The highest BCUT2D eigenvalue weighted by molar-refractivity contribution is 5.94. The van der Waals surface area contributed by atoms with E-state index in [0.717, 1.165) is 18.7 Å². The number of carbonyl (C=O) groups excluding carboxylic acids is 1. The number of hydrogen-bond donors (Lipinski definition) is 1. The molecule has 0 saturated heterocycles. The number of benzene rings is 1. The second kappa shape index (κ2) is 7.97. The van der Waals surface area contributed by atoms with Crippen LogP contribution in [0.2, 0.25) is 0 Å². The van der Waals surface area contributed by atoms with Crippen LogP contribution in [-0.2, 0) is 0 Å². The largest absolute Gasteiger partial charge is 0.351 e. The maximum atomic E-state index is 13.2. The van der Waals surface area contributed by atoms with Crippen molar-refractivity contribution in [3.63, 3.8) is 0 Å². The van der Waals surface area contributed by atoms with E-state index in [4.69, 9.17) is 6.42 Å². The summed E-state index contributed by atoms with van der Waals surface area (Å²) < 4.78 is 13.2. The number of nitro groups is 1. The summed E-state index contributed by atoms with van der Waals surface area (Å²) in [6.07, 6.45) is 5.21. The van der Waals surface area contributed by atoms with Gasteiger partial charge in [0.1, 0.15) is 0 Å². The summed E-state index contributed by atoms with van der Waals surface area (Å²) in [5.74, 6) is 1.05. The molecule has 1 aromatic rings. The van der Waals surface area contributed by atoms with Crippen molar-refractivity contribution in [2.45, 2.75) is 6.92 Å². The molecule has 1 aromatic carbocycles. The minimum atomic E-state index is -0.970. The van der Waals surface area contributed by atoms with Crippen LogP contribution in [0.5, 0.6) is 0 Å². The van der Waals surface area contributed by atoms with Gasteiger partial charge < -0.3 is 5.32 Å². The Morgan fingerprint density at radius 1 is 1.57 bits per heavy atom. The SMILES string of the molecule is C#CCN(CC)CCNC(=O)c1ccc(F)c([N+](=O)[O-])c1. The smallest absolute Gasteiger partial charge is 0.305 e. The van der Waals surface area contributed by atoms with Crippen LogP contribution >= 0.6 is 0 Å². The van der Waals surface area contributed by atoms with Crippen LogP contribution in [0.1, 0.15) is 17.3 Å². The molecule has 112 valence electrons. The summed E-state index contributed by atoms with van der Waals surface area (Å²) in [6.45, 7) is 4.09. The van der Waals surface area contributed by atoms with Crippen LogP contribution < -0.4 is 5.32 Å². The number of hydrogen-bond acceptors (Lipinski definition) is 4. The van der Waals surface area contributed by atoms with Crippen LogP contribution in [0, 0.1) is 28.3 Å². The predicted octanol–water partition coefficient (Wildman–Crippen LogP) is 1.42. The van der Waals surface area contributed by atoms with Crippen molar-refractivity contribution in [2.75, 3.05) is 26.2 Å². The highest BCUT2D eigenvalue weighted by atomic mass is 19.1. The normalized spacial score (nSPS) is 10.2. The van der Waals surface area contributed by atoms with E-state index in [9.17, 15) is 19.3 Å². The number of terminal acetylenes is 1. The van der Waals surface area contributed by atoms with Gasteiger partial charge in [-0.05, 0) is 18.7 Å². The Morgan fingerprint density at radius 2 is 2.29 bits per heavy atom. The van der Waals surface area contributed by atoms with Crippen LogP contribution in [0.4, 0.5) is 10.1 Å². The van der Waals surface area contributed by atoms with E-state index in [-0.39, 0.29) is 5.56 Å². The monoisotopic (exact) mass is 293 g/mol. The molecule has 0 aliphatic carbocycles. The van der Waals surface area contributed by atoms with Crippen molar-refractivity contribution in [2.24, 2.45) is 0 Å². The number of carbonyl (C=O) groups is 1. The second-order valence-electron chi connectivity index (χ2n) is 4.25. The third-order valence-electron chi connectivity index (χ3n) is 2.88. The highest BCUT2D eigenvalue weighted by Gasteiger charge is 2.17. The molecule has 0 spiro atoms. The fourth-order valence-electron chi connectivity index (χ4n) is 1.70. The third kappa shape index (κ3) is 4.85. The Hall–Kier alpha value is -2.46. The lowest BCUT2D eigenvalue weighted by molar-refractivity contribution is -0.387. The topological polar surface area (TPSA) is 75.5 Å². The Balaban J connectivity index is 2.62. The van der Waals surface area contributed by atoms with Crippen molar-refractivity contribution in [3.8, 4) is 12.3 Å². The van der Waals surface area contributed by atoms with Gasteiger partial charge >= 0.3 is 5.69 Å². The number of nitro benzene ring substituents is 1. The Morgan fingerprint density at radius 3 is 2.86 bits per heavy atom. The maximum Gasteiger partial charge on any atom is 0.305 e. The lowest BCUT2D eigenvalue weighted by Gasteiger charge is -2.17. The first-order valence-electron chi connectivity index (χ1n) is 6.37. The van der Waals surface area contributed by atoms with E-state index in [1.807, 2.05) is 11.8 Å². The van der Waals surface area contributed by atoms with Gasteiger partial charge in [-0.15, -0.1) is 6.42 Å². The summed E-state index contributed by atoms with van der Waals surface area (Å²) >= 11 is 0. The molecule has 1 N–H and O–H groups in total. The van der Waals surface area contributed by atoms with E-state index in [2.05, 4.69) is 11.2 Å². The number of amides is 1. The Bertz CT molecular complexity index is 569. The predicted molar refractivity (Wildman–Crippen MR) is 76.3 cm³/mol. The molecule has 0 aromatic heterocycles. The first-order valence-corrected chi connectivity index (χ1v) is 6.37. The maximum absolute atomic E-state index is 13.2. The van der Waals surface area contributed by atoms with Crippen molar-refractivity contribution in [3.05, 3.63) is 39.7 Å². The summed E-state index contributed by atoms with van der Waals surface area (Å²) in [4.78, 5) is 23.6. The molecular weight excluding hydrogens is 277 g/mol. The van der Waals surface area contributed by atoms with E-state index < -0.39 is 22.3 Å². The summed E-state index contributed by atoms with van der Waals surface area (Å²) in [7, 11) is 0. The molecule has 7 heteroatoms. The first-order chi connectivity index (χ1) is 9.99. The number of halogens is 1. The molecule has 0 radical (unpaired) electrons. The Labute approximate surface area is 122 Å². The van der Waals surface area contributed by atoms with E-state index >= 15 is 0 Å². The molecule has 1 amide bonds. The van der Waals surface area contributed by atoms with Crippen LogP contribution in [-0.4, -0.2) is 41.9 Å². The van der Waals surface area contributed by atoms with Gasteiger partial charge in [-0.1, -0.05) is 12.8 Å². The number of nitrogens with one attached hydrogen (secondary N) is 1. The van der Waals surface area contributed by atoms with Gasteiger partial charge in [0, 0.05) is 24.7 Å². The van der Waals surface area contributed by atoms with Crippen LogP contribution in [0.3, 0.4) is 0 Å². The molecule has 1 rings (SSSR count). The van der Waals surface area contributed by atoms with Gasteiger partial charge in [0.2, 0.25) is 5.82 Å². The molecule has 0 atom stereocenters. The summed E-state index contributed by atoms with van der Waals surface area (Å²) in [5, 5.41) is 13.2. The van der Waals surface area contributed by atoms with Gasteiger partial charge in [-0.2, -0.15) is 4.39 Å². The molecule has 0 bridgehead atoms. The van der Waals surface area contributed by atoms with Gasteiger partial charge in [0.05, 0.1) is 11.5 Å². The van der Waals surface area contributed by atoms with Crippen LogP contribution in [0.25, 0.3) is 0 Å². The fourth-order valence-corrected chi connectivity index (χ4v) is 1.70. The molecule has 6 nitrogen and oxygen atoms in total. The summed E-state index contributed by atoms with van der Waals surface area (Å²) in [5.41, 5.74) is -0.673. The number of rotatable bonds is 7. The molecule has 0 aliphatic rings.